The van der Waals surface area contributed by atoms with Crippen molar-refractivity contribution in [1.82, 2.24) is 14.5 Å². The molecule has 1 atom stereocenters. The number of benzene rings is 2. The summed E-state index contributed by atoms with van der Waals surface area (Å²) in [5.41, 5.74) is 2.46. The van der Waals surface area contributed by atoms with Crippen LogP contribution in [0.5, 0.6) is 5.75 Å². The Hall–Kier alpha value is -3.38. The van der Waals surface area contributed by atoms with E-state index < -0.39 is 0 Å². The molecule has 0 aliphatic rings. The second-order valence-corrected chi connectivity index (χ2v) is 7.44. The van der Waals surface area contributed by atoms with Crippen LogP contribution in [0, 0.1) is 0 Å². The Morgan fingerprint density at radius 3 is 2.70 bits per heavy atom. The van der Waals surface area contributed by atoms with E-state index in [1.165, 1.54) is 6.07 Å². The van der Waals surface area contributed by atoms with Crippen LogP contribution in [0.15, 0.2) is 71.7 Å². The number of nitrogens with one attached hydrogen (secondary N) is 1. The van der Waals surface area contributed by atoms with Gasteiger partial charge in [0, 0.05) is 22.7 Å². The topological polar surface area (TPSA) is 69.0 Å². The van der Waals surface area contributed by atoms with Gasteiger partial charge in [-0.25, -0.2) is 4.98 Å². The second-order valence-electron chi connectivity index (χ2n) is 7.00. The van der Waals surface area contributed by atoms with Gasteiger partial charge in [-0.15, -0.1) is 0 Å². The average Bonchev–Trinajstić information content (AvgIpc) is 2.76. The maximum Gasteiger partial charge on any atom is 0.252 e. The van der Waals surface area contributed by atoms with Crippen molar-refractivity contribution in [2.75, 3.05) is 12.4 Å². The first-order chi connectivity index (χ1) is 14.5. The van der Waals surface area contributed by atoms with Crippen molar-refractivity contribution in [2.24, 2.45) is 0 Å². The monoisotopic (exact) mass is 420 g/mol. The fourth-order valence-corrected chi connectivity index (χ4v) is 3.40. The van der Waals surface area contributed by atoms with Gasteiger partial charge in [-0.05, 0) is 48.4 Å². The minimum absolute atomic E-state index is 0.0259. The maximum absolute atomic E-state index is 12.6. The molecule has 0 amide bonds. The second kappa shape index (κ2) is 8.55. The Balaban J connectivity index is 1.68. The van der Waals surface area contributed by atoms with E-state index in [2.05, 4.69) is 15.3 Å². The van der Waals surface area contributed by atoms with Crippen LogP contribution in [0.2, 0.25) is 5.02 Å². The van der Waals surface area contributed by atoms with Crippen molar-refractivity contribution in [3.05, 3.63) is 93.4 Å². The van der Waals surface area contributed by atoms with Crippen LogP contribution >= 0.6 is 11.6 Å². The van der Waals surface area contributed by atoms with Gasteiger partial charge in [-0.1, -0.05) is 35.9 Å². The summed E-state index contributed by atoms with van der Waals surface area (Å²) in [5.74, 6) is 1.20. The third-order valence-corrected chi connectivity index (χ3v) is 5.17. The molecule has 0 spiro atoms. The maximum atomic E-state index is 12.6. The molecule has 30 heavy (non-hydrogen) atoms. The third-order valence-electron chi connectivity index (χ3n) is 4.91. The average molecular weight is 421 g/mol. The number of aromatic nitrogens is 3. The smallest absolute Gasteiger partial charge is 0.252 e. The van der Waals surface area contributed by atoms with Crippen LogP contribution in [0.4, 0.5) is 5.95 Å². The summed E-state index contributed by atoms with van der Waals surface area (Å²) in [6, 6.07) is 18.5. The van der Waals surface area contributed by atoms with Gasteiger partial charge in [0.05, 0.1) is 19.7 Å². The highest BCUT2D eigenvalue weighted by molar-refractivity contribution is 6.30. The summed E-state index contributed by atoms with van der Waals surface area (Å²) in [6.07, 6.45) is 1.72. The molecule has 2 aromatic carbocycles. The highest BCUT2D eigenvalue weighted by Crippen LogP contribution is 2.21. The van der Waals surface area contributed by atoms with Gasteiger partial charge < -0.3 is 10.1 Å². The predicted octanol–water partition coefficient (Wildman–Crippen LogP) is 4.67. The lowest BCUT2D eigenvalue weighted by Crippen LogP contribution is -2.21. The lowest BCUT2D eigenvalue weighted by atomic mass is 10.1. The zero-order valence-electron chi connectivity index (χ0n) is 16.7. The molecule has 0 saturated heterocycles. The zero-order chi connectivity index (χ0) is 21.1. The van der Waals surface area contributed by atoms with Crippen molar-refractivity contribution in [3.63, 3.8) is 0 Å². The van der Waals surface area contributed by atoms with Gasteiger partial charge in [0.1, 0.15) is 11.4 Å². The Kier molecular flexibility index (Phi) is 5.68. The summed E-state index contributed by atoms with van der Waals surface area (Å²) in [4.78, 5) is 21.7. The van der Waals surface area contributed by atoms with Crippen molar-refractivity contribution >= 4 is 28.6 Å². The largest absolute Gasteiger partial charge is 0.497 e. The van der Waals surface area contributed by atoms with Gasteiger partial charge in [-0.2, -0.15) is 4.98 Å². The molecule has 0 unspecified atom stereocenters. The predicted molar refractivity (Wildman–Crippen MR) is 119 cm³/mol. The lowest BCUT2D eigenvalue weighted by Gasteiger charge is -2.16. The summed E-state index contributed by atoms with van der Waals surface area (Å²) in [5, 5.41) is 4.78. The van der Waals surface area contributed by atoms with E-state index in [1.54, 1.807) is 23.9 Å². The summed E-state index contributed by atoms with van der Waals surface area (Å²) in [7, 11) is 1.62. The SMILES string of the molecule is COc1cccc(Cn2c(=O)ccc3cnc(N[C@@H](C)c4ccc(Cl)cc4)nc32)c1. The number of hydrogen-bond acceptors (Lipinski definition) is 5. The molecule has 0 aliphatic carbocycles. The molecule has 0 saturated carbocycles. The summed E-state index contributed by atoms with van der Waals surface area (Å²) >= 11 is 5.97. The number of nitrogens with zero attached hydrogens (tertiary/aromatic N) is 3. The molecule has 0 fully saturated rings. The molecule has 6 nitrogen and oxygen atoms in total. The fraction of sp³-hybridized carbons (Fsp3) is 0.174. The molecule has 0 radical (unpaired) electrons. The van der Waals surface area contributed by atoms with Crippen molar-refractivity contribution < 1.29 is 4.74 Å². The van der Waals surface area contributed by atoms with Crippen LogP contribution < -0.4 is 15.6 Å². The molecular formula is C23H21ClN4O2. The molecule has 4 aromatic rings. The van der Waals surface area contributed by atoms with E-state index in [4.69, 9.17) is 16.3 Å². The van der Waals surface area contributed by atoms with Crippen LogP contribution in [-0.2, 0) is 6.54 Å². The summed E-state index contributed by atoms with van der Waals surface area (Å²) < 4.78 is 6.93. The first kappa shape index (κ1) is 19.9. The molecule has 0 aliphatic heterocycles. The number of pyridine rings is 1. The minimum atomic E-state index is -0.124. The first-order valence-electron chi connectivity index (χ1n) is 9.55. The van der Waals surface area contributed by atoms with Crippen molar-refractivity contribution in [2.45, 2.75) is 19.5 Å². The molecule has 152 valence electrons. The quantitative estimate of drug-likeness (QED) is 0.490. The van der Waals surface area contributed by atoms with E-state index >= 15 is 0 Å². The van der Waals surface area contributed by atoms with E-state index in [0.29, 0.717) is 23.2 Å². The Morgan fingerprint density at radius 1 is 1.13 bits per heavy atom. The first-order valence-corrected chi connectivity index (χ1v) is 9.93. The van der Waals surface area contributed by atoms with Crippen LogP contribution in [0.25, 0.3) is 11.0 Å². The van der Waals surface area contributed by atoms with Crippen molar-refractivity contribution in [3.8, 4) is 5.75 Å². The number of halogens is 1. The third kappa shape index (κ3) is 4.28. The minimum Gasteiger partial charge on any atom is -0.497 e. The highest BCUT2D eigenvalue weighted by atomic mass is 35.5. The number of hydrogen-bond donors (Lipinski definition) is 1. The zero-order valence-corrected chi connectivity index (χ0v) is 17.4. The van der Waals surface area contributed by atoms with Gasteiger partial charge in [0.25, 0.3) is 5.56 Å². The van der Waals surface area contributed by atoms with Crippen LogP contribution in [0.1, 0.15) is 24.1 Å². The standard InChI is InChI=1S/C23H21ClN4O2/c1-15(17-6-9-19(24)10-7-17)26-23-25-13-18-8-11-21(29)28(22(18)27-23)14-16-4-3-5-20(12-16)30-2/h3-13,15H,14H2,1-2H3,(H,25,26,27)/t15-/m0/s1. The van der Waals surface area contributed by atoms with Crippen LogP contribution in [-0.4, -0.2) is 21.6 Å². The van der Waals surface area contributed by atoms with E-state index in [1.807, 2.05) is 55.5 Å². The van der Waals surface area contributed by atoms with Gasteiger partial charge in [-0.3, -0.25) is 9.36 Å². The Morgan fingerprint density at radius 2 is 1.93 bits per heavy atom. The Labute approximate surface area is 179 Å². The number of ether oxygens (including phenoxy) is 1. The van der Waals surface area contributed by atoms with E-state index in [9.17, 15) is 4.79 Å². The Bertz CT molecular complexity index is 1240. The number of rotatable bonds is 6. The van der Waals surface area contributed by atoms with Gasteiger partial charge in [0.2, 0.25) is 5.95 Å². The molecule has 1 N–H and O–H groups in total. The van der Waals surface area contributed by atoms with Crippen molar-refractivity contribution in [1.29, 1.82) is 0 Å². The number of methoxy groups -OCH3 is 1. The molecule has 0 bridgehead atoms. The number of fused-ring (bicyclic) bond motifs is 1. The normalized spacial score (nSPS) is 12.0. The highest BCUT2D eigenvalue weighted by Gasteiger charge is 2.11. The molecule has 2 heterocycles. The molecular weight excluding hydrogens is 400 g/mol. The van der Waals surface area contributed by atoms with Gasteiger partial charge in [0.15, 0.2) is 0 Å². The lowest BCUT2D eigenvalue weighted by molar-refractivity contribution is 0.414. The van der Waals surface area contributed by atoms with E-state index in [-0.39, 0.29) is 11.6 Å². The fourth-order valence-electron chi connectivity index (χ4n) is 3.28. The summed E-state index contributed by atoms with van der Waals surface area (Å²) in [6.45, 7) is 2.40. The van der Waals surface area contributed by atoms with E-state index in [0.717, 1.165) is 22.3 Å². The number of anilines is 1. The van der Waals surface area contributed by atoms with Crippen LogP contribution in [0.3, 0.4) is 0 Å². The molecule has 2 aromatic heterocycles. The van der Waals surface area contributed by atoms with Gasteiger partial charge >= 0.3 is 0 Å². The molecule has 7 heteroatoms. The molecule has 4 rings (SSSR count).